The second-order valence-electron chi connectivity index (χ2n) is 6.15. The third-order valence-electron chi connectivity index (χ3n) is 4.31. The number of rotatable bonds is 5. The van der Waals surface area contributed by atoms with Gasteiger partial charge in [-0.1, -0.05) is 0 Å². The summed E-state index contributed by atoms with van der Waals surface area (Å²) in [5.74, 6) is 0.564. The number of nitrogens with one attached hydrogen (secondary N) is 1. The molecule has 2 aromatic carbocycles. The molecule has 2 aromatic heterocycles. The molecule has 0 aliphatic carbocycles. The number of hydrogen-bond donors (Lipinski definition) is 1. The highest BCUT2D eigenvalue weighted by Gasteiger charge is 2.17. The third kappa shape index (κ3) is 3.56. The van der Waals surface area contributed by atoms with Gasteiger partial charge >= 0.3 is 0 Å². The van der Waals surface area contributed by atoms with Gasteiger partial charge in [0, 0.05) is 30.4 Å². The van der Waals surface area contributed by atoms with Gasteiger partial charge in [0.2, 0.25) is 0 Å². The molecule has 0 spiro atoms. The summed E-state index contributed by atoms with van der Waals surface area (Å²) in [6.45, 7) is 2.21. The van der Waals surface area contributed by atoms with Crippen molar-refractivity contribution in [3.8, 4) is 28.5 Å². The molecule has 0 aliphatic heterocycles. The Balaban J connectivity index is 2.00. The molecule has 0 saturated heterocycles. The first-order valence-electron chi connectivity index (χ1n) is 9.00. The molecule has 0 saturated carbocycles. The Hall–Kier alpha value is -3.68. The van der Waals surface area contributed by atoms with E-state index in [4.69, 9.17) is 4.74 Å². The van der Waals surface area contributed by atoms with E-state index in [1.165, 1.54) is 0 Å². The third-order valence-corrected chi connectivity index (χ3v) is 4.31. The number of halogens is 2. The summed E-state index contributed by atoms with van der Waals surface area (Å²) in [5, 5.41) is 3.63. The zero-order valence-electron chi connectivity index (χ0n) is 15.8. The van der Waals surface area contributed by atoms with Crippen LogP contribution >= 0.6 is 0 Å². The molecule has 8 heteroatoms. The van der Waals surface area contributed by atoms with Crippen molar-refractivity contribution in [1.82, 2.24) is 19.9 Å². The quantitative estimate of drug-likeness (QED) is 0.539. The Morgan fingerprint density at radius 2 is 1.79 bits per heavy atom. The average molecular weight is 393 g/mol. The minimum atomic E-state index is -0.533. The molecule has 0 bridgehead atoms. The van der Waals surface area contributed by atoms with Gasteiger partial charge in [0.05, 0.1) is 6.61 Å². The van der Waals surface area contributed by atoms with Crippen LogP contribution in [0.15, 0.2) is 48.8 Å². The van der Waals surface area contributed by atoms with Crippen LogP contribution in [0, 0.1) is 11.6 Å². The zero-order valence-corrected chi connectivity index (χ0v) is 15.8. The van der Waals surface area contributed by atoms with E-state index in [1.807, 2.05) is 6.92 Å². The number of nitrogens with zero attached hydrogens (tertiary/aromatic N) is 4. The van der Waals surface area contributed by atoms with Crippen molar-refractivity contribution in [2.24, 2.45) is 0 Å². The smallest absolute Gasteiger partial charge is 0.200 e. The standard InChI is InChI=1S/C21H17F2N5O/c1-3-29-17-10-12(14-11-13(22)5-6-16(14)23)9-15-18(17)27-21(28-19(15)24-2)20-25-7-4-8-26-20/h4-11H,3H2,1-2H3,(H,24,27,28). The predicted octanol–water partition coefficient (Wildman–Crippen LogP) is 4.47. The van der Waals surface area contributed by atoms with Crippen molar-refractivity contribution in [3.05, 3.63) is 60.4 Å². The van der Waals surface area contributed by atoms with Crippen LogP contribution in [-0.4, -0.2) is 33.6 Å². The molecule has 2 heterocycles. The minimum Gasteiger partial charge on any atom is -0.492 e. The Bertz CT molecular complexity index is 1180. The van der Waals surface area contributed by atoms with Crippen LogP contribution in [-0.2, 0) is 0 Å². The van der Waals surface area contributed by atoms with E-state index >= 15 is 0 Å². The van der Waals surface area contributed by atoms with Crippen LogP contribution in [0.2, 0.25) is 0 Å². The van der Waals surface area contributed by atoms with Crippen LogP contribution in [0.3, 0.4) is 0 Å². The normalized spacial score (nSPS) is 10.9. The van der Waals surface area contributed by atoms with Crippen molar-refractivity contribution in [1.29, 1.82) is 0 Å². The van der Waals surface area contributed by atoms with Gasteiger partial charge in [0.15, 0.2) is 11.6 Å². The molecule has 0 amide bonds. The molecule has 0 unspecified atom stereocenters. The summed E-state index contributed by atoms with van der Waals surface area (Å²) in [5.41, 5.74) is 1.11. The first-order valence-corrected chi connectivity index (χ1v) is 9.00. The van der Waals surface area contributed by atoms with E-state index in [9.17, 15) is 8.78 Å². The highest BCUT2D eigenvalue weighted by molar-refractivity contribution is 5.97. The van der Waals surface area contributed by atoms with Gasteiger partial charge in [-0.2, -0.15) is 0 Å². The van der Waals surface area contributed by atoms with Crippen molar-refractivity contribution in [2.45, 2.75) is 6.92 Å². The van der Waals surface area contributed by atoms with Crippen LogP contribution in [0.1, 0.15) is 6.92 Å². The Labute approximate surface area is 165 Å². The first kappa shape index (κ1) is 18.7. The van der Waals surface area contributed by atoms with Gasteiger partial charge in [0.25, 0.3) is 0 Å². The lowest BCUT2D eigenvalue weighted by molar-refractivity contribution is 0.344. The largest absolute Gasteiger partial charge is 0.492 e. The fraction of sp³-hybridized carbons (Fsp3) is 0.143. The molecule has 29 heavy (non-hydrogen) atoms. The zero-order chi connectivity index (χ0) is 20.4. The van der Waals surface area contributed by atoms with E-state index in [-0.39, 0.29) is 5.56 Å². The van der Waals surface area contributed by atoms with Crippen LogP contribution < -0.4 is 10.1 Å². The van der Waals surface area contributed by atoms with Gasteiger partial charge in [-0.25, -0.2) is 28.7 Å². The Morgan fingerprint density at radius 1 is 1.00 bits per heavy atom. The van der Waals surface area contributed by atoms with Crippen LogP contribution in [0.4, 0.5) is 14.6 Å². The van der Waals surface area contributed by atoms with Crippen molar-refractivity contribution in [2.75, 3.05) is 19.0 Å². The fourth-order valence-corrected chi connectivity index (χ4v) is 3.05. The summed E-state index contributed by atoms with van der Waals surface area (Å²) in [6, 6.07) is 8.38. The lowest BCUT2D eigenvalue weighted by atomic mass is 10.0. The molecule has 0 atom stereocenters. The maximum Gasteiger partial charge on any atom is 0.200 e. The summed E-state index contributed by atoms with van der Waals surface area (Å²) >= 11 is 0. The van der Waals surface area contributed by atoms with Crippen molar-refractivity contribution in [3.63, 3.8) is 0 Å². The SMILES string of the molecule is CCOc1cc(-c2cc(F)ccc2F)cc2c(NC)nc(-c3ncccn3)nc12. The van der Waals surface area contributed by atoms with E-state index < -0.39 is 11.6 Å². The maximum atomic E-state index is 14.4. The molecule has 0 radical (unpaired) electrons. The van der Waals surface area contributed by atoms with Crippen molar-refractivity contribution >= 4 is 16.7 Å². The monoisotopic (exact) mass is 393 g/mol. The Morgan fingerprint density at radius 3 is 2.52 bits per heavy atom. The molecule has 146 valence electrons. The van der Waals surface area contributed by atoms with Gasteiger partial charge in [-0.15, -0.1) is 0 Å². The fourth-order valence-electron chi connectivity index (χ4n) is 3.05. The number of ether oxygens (including phenoxy) is 1. The lowest BCUT2D eigenvalue weighted by Crippen LogP contribution is -2.03. The van der Waals surface area contributed by atoms with E-state index in [0.29, 0.717) is 46.3 Å². The van der Waals surface area contributed by atoms with Crippen LogP contribution in [0.5, 0.6) is 5.75 Å². The van der Waals surface area contributed by atoms with Crippen molar-refractivity contribution < 1.29 is 13.5 Å². The van der Waals surface area contributed by atoms with Gasteiger partial charge in [0.1, 0.15) is 28.7 Å². The molecule has 0 fully saturated rings. The maximum absolute atomic E-state index is 14.4. The highest BCUT2D eigenvalue weighted by Crippen LogP contribution is 2.36. The number of benzene rings is 2. The summed E-state index contributed by atoms with van der Waals surface area (Å²) in [6.07, 6.45) is 3.21. The molecule has 0 aliphatic rings. The lowest BCUT2D eigenvalue weighted by Gasteiger charge is -2.14. The number of hydrogen-bond acceptors (Lipinski definition) is 6. The molecule has 4 aromatic rings. The molecular formula is C21H17F2N5O. The van der Waals surface area contributed by atoms with E-state index in [0.717, 1.165) is 18.2 Å². The number of aromatic nitrogens is 4. The highest BCUT2D eigenvalue weighted by atomic mass is 19.1. The predicted molar refractivity (Wildman–Crippen MR) is 107 cm³/mol. The first-order chi connectivity index (χ1) is 14.1. The summed E-state index contributed by atoms with van der Waals surface area (Å²) in [4.78, 5) is 17.5. The topological polar surface area (TPSA) is 72.8 Å². The number of anilines is 1. The molecule has 4 rings (SSSR count). The molecule has 1 N–H and O–H groups in total. The minimum absolute atomic E-state index is 0.130. The van der Waals surface area contributed by atoms with Gasteiger partial charge < -0.3 is 10.1 Å². The summed E-state index contributed by atoms with van der Waals surface area (Å²) in [7, 11) is 1.72. The molecule has 6 nitrogen and oxygen atoms in total. The Kier molecular flexibility index (Phi) is 4.99. The van der Waals surface area contributed by atoms with E-state index in [2.05, 4.69) is 25.3 Å². The summed E-state index contributed by atoms with van der Waals surface area (Å²) < 4.78 is 33.9. The van der Waals surface area contributed by atoms with Gasteiger partial charge in [-0.3, -0.25) is 0 Å². The average Bonchev–Trinajstić information content (AvgIpc) is 2.75. The second kappa shape index (κ2) is 7.75. The molecular weight excluding hydrogens is 376 g/mol. The second-order valence-corrected chi connectivity index (χ2v) is 6.15. The van der Waals surface area contributed by atoms with Crippen LogP contribution in [0.25, 0.3) is 33.7 Å². The van der Waals surface area contributed by atoms with E-state index in [1.54, 1.807) is 37.6 Å². The number of fused-ring (bicyclic) bond motifs is 1. The van der Waals surface area contributed by atoms with Gasteiger partial charge in [-0.05, 0) is 48.9 Å².